The number of anilines is 2. The van der Waals surface area contributed by atoms with Gasteiger partial charge in [-0.3, -0.25) is 9.59 Å². The molecule has 1 aliphatic heterocycles. The van der Waals surface area contributed by atoms with E-state index >= 15 is 0 Å². The van der Waals surface area contributed by atoms with Gasteiger partial charge in [-0.1, -0.05) is 25.5 Å². The highest BCUT2D eigenvalue weighted by Crippen LogP contribution is 2.36. The molecule has 0 bridgehead atoms. The van der Waals surface area contributed by atoms with Crippen molar-refractivity contribution >= 4 is 39.1 Å². The summed E-state index contributed by atoms with van der Waals surface area (Å²) in [6, 6.07) is 12.6. The van der Waals surface area contributed by atoms with E-state index in [1.54, 1.807) is 36.1 Å². The number of nitrogens with one attached hydrogen (secondary N) is 1. The zero-order valence-corrected chi connectivity index (χ0v) is 16.4. The van der Waals surface area contributed by atoms with E-state index in [4.69, 9.17) is 4.74 Å². The lowest BCUT2D eigenvalue weighted by Gasteiger charge is -2.33. The summed E-state index contributed by atoms with van der Waals surface area (Å²) in [6.07, 6.45) is 1.40. The molecule has 0 spiro atoms. The van der Waals surface area contributed by atoms with Gasteiger partial charge in [0.05, 0.1) is 11.3 Å². The second-order valence-corrected chi connectivity index (χ2v) is 7.07. The first-order valence-electron chi connectivity index (χ1n) is 8.69. The minimum Gasteiger partial charge on any atom is -0.479 e. The highest BCUT2D eigenvalue weighted by atomic mass is 79.9. The fourth-order valence-electron chi connectivity index (χ4n) is 2.88. The number of ether oxygens (including phenoxy) is 1. The lowest BCUT2D eigenvalue weighted by Crippen LogP contribution is -2.44. The van der Waals surface area contributed by atoms with Gasteiger partial charge in [-0.25, -0.2) is 0 Å². The summed E-state index contributed by atoms with van der Waals surface area (Å²) in [5.74, 6) is 0.390. The molecule has 0 fully saturated rings. The molecule has 1 heterocycles. The Morgan fingerprint density at radius 1 is 1.27 bits per heavy atom. The molecule has 0 aromatic heterocycles. The molecule has 5 nitrogen and oxygen atoms in total. The molecule has 0 aliphatic carbocycles. The van der Waals surface area contributed by atoms with Gasteiger partial charge < -0.3 is 15.0 Å². The maximum Gasteiger partial charge on any atom is 0.267 e. The molecule has 0 saturated heterocycles. The summed E-state index contributed by atoms with van der Waals surface area (Å²) in [6.45, 7) is 4.48. The molecule has 1 unspecified atom stereocenters. The largest absolute Gasteiger partial charge is 0.479 e. The smallest absolute Gasteiger partial charge is 0.267 e. The van der Waals surface area contributed by atoms with Crippen LogP contribution in [0.2, 0.25) is 0 Å². The van der Waals surface area contributed by atoms with Crippen LogP contribution in [0.1, 0.15) is 37.0 Å². The number of hydrogen-bond donors (Lipinski definition) is 1. The average molecular weight is 417 g/mol. The maximum absolute atomic E-state index is 12.5. The predicted molar refractivity (Wildman–Crippen MR) is 106 cm³/mol. The second kappa shape index (κ2) is 7.91. The van der Waals surface area contributed by atoms with Crippen molar-refractivity contribution in [3.05, 3.63) is 52.5 Å². The Bertz CT molecular complexity index is 838. The van der Waals surface area contributed by atoms with Crippen molar-refractivity contribution in [3.63, 3.8) is 0 Å². The van der Waals surface area contributed by atoms with E-state index in [0.29, 0.717) is 29.2 Å². The molecular weight excluding hydrogens is 396 g/mol. The molecule has 2 aromatic rings. The molecule has 1 N–H and O–H groups in total. The zero-order chi connectivity index (χ0) is 18.7. The number of fused-ring (bicyclic) bond motifs is 1. The van der Waals surface area contributed by atoms with Gasteiger partial charge in [-0.15, -0.1) is 0 Å². The number of amides is 2. The van der Waals surface area contributed by atoms with Gasteiger partial charge in [0, 0.05) is 16.7 Å². The summed E-state index contributed by atoms with van der Waals surface area (Å²) < 4.78 is 6.44. The van der Waals surface area contributed by atoms with Crippen LogP contribution < -0.4 is 15.0 Å². The number of rotatable bonds is 5. The minimum absolute atomic E-state index is 0.0553. The van der Waals surface area contributed by atoms with Crippen LogP contribution in [0.5, 0.6) is 5.75 Å². The fraction of sp³-hybridized carbons (Fsp3) is 0.300. The number of unbranched alkanes of at least 4 members (excludes halogenated alkanes) is 1. The first kappa shape index (κ1) is 18.5. The summed E-state index contributed by atoms with van der Waals surface area (Å²) in [4.78, 5) is 26.8. The highest BCUT2D eigenvalue weighted by molar-refractivity contribution is 9.10. The summed E-state index contributed by atoms with van der Waals surface area (Å²) in [5.41, 5.74) is 1.87. The first-order chi connectivity index (χ1) is 12.5. The number of hydrogen-bond acceptors (Lipinski definition) is 3. The number of carbonyl (C=O) groups excluding carboxylic acids is 2. The standard InChI is InChI=1S/C20H21BrN2O3/c1-3-4-11-23-17-12-14(9-10-18(17)26-13(2)20(23)25)22-19(24)15-7-5-6-8-16(15)21/h5-10,12-13H,3-4,11H2,1-2H3,(H,22,24). The normalized spacial score (nSPS) is 16.0. The minimum atomic E-state index is -0.500. The Hall–Kier alpha value is -2.34. The van der Waals surface area contributed by atoms with Crippen LogP contribution in [0, 0.1) is 0 Å². The average Bonchev–Trinajstić information content (AvgIpc) is 2.63. The third kappa shape index (κ3) is 3.75. The summed E-state index contributed by atoms with van der Waals surface area (Å²) in [7, 11) is 0. The first-order valence-corrected chi connectivity index (χ1v) is 9.48. The van der Waals surface area contributed by atoms with Gasteiger partial charge in [0.1, 0.15) is 5.75 Å². The van der Waals surface area contributed by atoms with Crippen molar-refractivity contribution in [3.8, 4) is 5.75 Å². The van der Waals surface area contributed by atoms with Crippen molar-refractivity contribution in [1.82, 2.24) is 0 Å². The molecule has 0 saturated carbocycles. The van der Waals surface area contributed by atoms with Crippen LogP contribution in [0.3, 0.4) is 0 Å². The Morgan fingerprint density at radius 3 is 2.77 bits per heavy atom. The van der Waals surface area contributed by atoms with Crippen molar-refractivity contribution in [2.75, 3.05) is 16.8 Å². The molecule has 26 heavy (non-hydrogen) atoms. The van der Waals surface area contributed by atoms with Crippen molar-refractivity contribution in [2.45, 2.75) is 32.8 Å². The Balaban J connectivity index is 1.87. The van der Waals surface area contributed by atoms with E-state index in [9.17, 15) is 9.59 Å². The number of nitrogens with zero attached hydrogens (tertiary/aromatic N) is 1. The monoisotopic (exact) mass is 416 g/mol. The van der Waals surface area contributed by atoms with E-state index in [-0.39, 0.29) is 11.8 Å². The Kier molecular flexibility index (Phi) is 5.61. The quantitative estimate of drug-likeness (QED) is 0.773. The van der Waals surface area contributed by atoms with Crippen molar-refractivity contribution in [2.24, 2.45) is 0 Å². The molecule has 1 aliphatic rings. The van der Waals surface area contributed by atoms with Gasteiger partial charge in [0.2, 0.25) is 0 Å². The SMILES string of the molecule is CCCCN1C(=O)C(C)Oc2ccc(NC(=O)c3ccccc3Br)cc21. The zero-order valence-electron chi connectivity index (χ0n) is 14.8. The fourth-order valence-corrected chi connectivity index (χ4v) is 3.34. The molecule has 0 radical (unpaired) electrons. The van der Waals surface area contributed by atoms with E-state index in [2.05, 4.69) is 28.2 Å². The van der Waals surface area contributed by atoms with Gasteiger partial charge in [-0.2, -0.15) is 0 Å². The van der Waals surface area contributed by atoms with Gasteiger partial charge >= 0.3 is 0 Å². The third-order valence-corrected chi connectivity index (χ3v) is 4.97. The van der Waals surface area contributed by atoms with Crippen LogP contribution in [-0.4, -0.2) is 24.5 Å². The Labute approximate surface area is 161 Å². The number of halogens is 1. The van der Waals surface area contributed by atoms with Crippen LogP contribution >= 0.6 is 15.9 Å². The number of carbonyl (C=O) groups is 2. The third-order valence-electron chi connectivity index (χ3n) is 4.28. The lowest BCUT2D eigenvalue weighted by molar-refractivity contribution is -0.125. The van der Waals surface area contributed by atoms with E-state index in [1.165, 1.54) is 0 Å². The molecular formula is C20H21BrN2O3. The van der Waals surface area contributed by atoms with Gasteiger partial charge in [-0.05, 0) is 59.6 Å². The van der Waals surface area contributed by atoms with Crippen molar-refractivity contribution < 1.29 is 14.3 Å². The molecule has 2 amide bonds. The molecule has 6 heteroatoms. The maximum atomic E-state index is 12.5. The predicted octanol–water partition coefficient (Wildman–Crippen LogP) is 4.62. The van der Waals surface area contributed by atoms with Gasteiger partial charge in [0.25, 0.3) is 11.8 Å². The van der Waals surface area contributed by atoms with E-state index in [1.807, 2.05) is 18.2 Å². The van der Waals surface area contributed by atoms with E-state index < -0.39 is 6.10 Å². The molecule has 2 aromatic carbocycles. The molecule has 1 atom stereocenters. The topological polar surface area (TPSA) is 58.6 Å². The van der Waals surface area contributed by atoms with Crippen LogP contribution in [0.15, 0.2) is 46.9 Å². The van der Waals surface area contributed by atoms with Gasteiger partial charge in [0.15, 0.2) is 6.10 Å². The van der Waals surface area contributed by atoms with Crippen LogP contribution in [0.25, 0.3) is 0 Å². The van der Waals surface area contributed by atoms with Crippen LogP contribution in [-0.2, 0) is 4.79 Å². The van der Waals surface area contributed by atoms with E-state index in [0.717, 1.165) is 17.3 Å². The number of benzene rings is 2. The summed E-state index contributed by atoms with van der Waals surface area (Å²) in [5, 5.41) is 2.89. The second-order valence-electron chi connectivity index (χ2n) is 6.22. The lowest BCUT2D eigenvalue weighted by atomic mass is 10.1. The van der Waals surface area contributed by atoms with Crippen molar-refractivity contribution in [1.29, 1.82) is 0 Å². The highest BCUT2D eigenvalue weighted by Gasteiger charge is 2.31. The molecule has 136 valence electrons. The van der Waals surface area contributed by atoms with Crippen LogP contribution in [0.4, 0.5) is 11.4 Å². The molecule has 3 rings (SSSR count). The summed E-state index contributed by atoms with van der Waals surface area (Å²) >= 11 is 3.39. The Morgan fingerprint density at radius 2 is 2.04 bits per heavy atom.